The third-order valence-electron chi connectivity index (χ3n) is 5.26. The smallest absolute Gasteiger partial charge is 0.242 e. The maximum absolute atomic E-state index is 12.7. The lowest BCUT2D eigenvalue weighted by atomic mass is 10.1. The van der Waals surface area contributed by atoms with Gasteiger partial charge in [0.05, 0.1) is 28.5 Å². The van der Waals surface area contributed by atoms with Gasteiger partial charge in [0.25, 0.3) is 0 Å². The molecule has 3 aromatic rings. The number of halogens is 3. The van der Waals surface area contributed by atoms with Gasteiger partial charge in [-0.3, -0.25) is 4.98 Å². The molecule has 0 atom stereocenters. The van der Waals surface area contributed by atoms with Crippen LogP contribution in [0.15, 0.2) is 41.4 Å². The molecule has 1 aliphatic rings. The molecule has 0 spiro atoms. The minimum atomic E-state index is -4.13. The zero-order valence-electron chi connectivity index (χ0n) is 16.4. The molecule has 0 unspecified atom stereocenters. The normalized spacial score (nSPS) is 14.3. The van der Waals surface area contributed by atoms with E-state index < -0.39 is 29.4 Å². The van der Waals surface area contributed by atoms with E-state index in [0.29, 0.717) is 39.8 Å². The van der Waals surface area contributed by atoms with Crippen molar-refractivity contribution in [1.82, 2.24) is 14.3 Å². The van der Waals surface area contributed by atoms with E-state index in [-0.39, 0.29) is 4.90 Å². The third-order valence-corrected chi connectivity index (χ3v) is 7.00. The van der Waals surface area contributed by atoms with Gasteiger partial charge in [-0.2, -0.15) is 5.26 Å². The van der Waals surface area contributed by atoms with Crippen molar-refractivity contribution in [2.75, 3.05) is 13.3 Å². The van der Waals surface area contributed by atoms with E-state index in [1.807, 2.05) is 15.4 Å². The first-order valence-electron chi connectivity index (χ1n) is 9.70. The van der Waals surface area contributed by atoms with Crippen molar-refractivity contribution in [3.05, 3.63) is 47.1 Å². The molecule has 0 saturated heterocycles. The van der Waals surface area contributed by atoms with Crippen LogP contribution in [0.4, 0.5) is 8.78 Å². The van der Waals surface area contributed by atoms with E-state index in [1.54, 1.807) is 12.1 Å². The predicted molar refractivity (Wildman–Crippen MR) is 114 cm³/mol. The van der Waals surface area contributed by atoms with Gasteiger partial charge in [0.15, 0.2) is 0 Å². The summed E-state index contributed by atoms with van der Waals surface area (Å²) in [4.78, 5) is 4.06. The molecule has 2 heterocycles. The number of nitriles is 1. The molecule has 0 bridgehead atoms. The van der Waals surface area contributed by atoms with E-state index >= 15 is 0 Å². The number of sulfonamides is 1. The lowest BCUT2D eigenvalue weighted by Gasteiger charge is -2.13. The van der Waals surface area contributed by atoms with Gasteiger partial charge in [-0.05, 0) is 49.1 Å². The van der Waals surface area contributed by atoms with E-state index in [9.17, 15) is 22.5 Å². The summed E-state index contributed by atoms with van der Waals surface area (Å²) in [5.41, 5.74) is 2.29. The zero-order chi connectivity index (χ0) is 22.2. The summed E-state index contributed by atoms with van der Waals surface area (Å²) in [5, 5.41) is 11.1. The highest BCUT2D eigenvalue weighted by Gasteiger charge is 2.27. The Labute approximate surface area is 183 Å². The molecular formula is C21H19ClF2N4O2S. The van der Waals surface area contributed by atoms with E-state index in [4.69, 9.17) is 11.6 Å². The van der Waals surface area contributed by atoms with E-state index in [1.165, 1.54) is 12.1 Å². The molecule has 2 aromatic heterocycles. The van der Waals surface area contributed by atoms with Crippen LogP contribution in [0.2, 0.25) is 5.02 Å². The summed E-state index contributed by atoms with van der Waals surface area (Å²) in [6.07, 6.45) is 3.34. The first-order chi connectivity index (χ1) is 14.9. The summed E-state index contributed by atoms with van der Waals surface area (Å²) in [6.45, 7) is -1.60. The molecule has 31 heavy (non-hydrogen) atoms. The Morgan fingerprint density at radius 3 is 2.58 bits per heavy atom. The maximum atomic E-state index is 12.7. The number of hydrogen-bond acceptors (Lipinski definition) is 4. The largest absolute Gasteiger partial charge is 0.338 e. The molecule has 1 fully saturated rings. The van der Waals surface area contributed by atoms with Crippen molar-refractivity contribution >= 4 is 32.5 Å². The molecular weight excluding hydrogens is 446 g/mol. The second-order valence-corrected chi connectivity index (χ2v) is 9.71. The summed E-state index contributed by atoms with van der Waals surface area (Å²) in [7, 11) is -4.13. The number of alkyl halides is 2. The number of rotatable bonds is 8. The Balaban J connectivity index is 1.79. The second-order valence-electron chi connectivity index (χ2n) is 7.56. The highest BCUT2D eigenvalue weighted by atomic mass is 35.5. The standard InChI is InChI=1S/C21H19ClF2N4O2S/c22-14-3-6-20-17(7-14)18(10-25)21(28(20)12-13-1-2-13)19-5-4-16(11-26-19)31(29,30)27-15(8-23)9-24/h3-7,11,13,15,27H,1-2,8-9,12H2. The highest BCUT2D eigenvalue weighted by molar-refractivity contribution is 7.89. The van der Waals surface area contributed by atoms with Crippen LogP contribution in [-0.4, -0.2) is 37.4 Å². The Hall–Kier alpha value is -2.54. The summed E-state index contributed by atoms with van der Waals surface area (Å²) in [6, 6.07) is 8.95. The van der Waals surface area contributed by atoms with Gasteiger partial charge >= 0.3 is 0 Å². The van der Waals surface area contributed by atoms with Crippen LogP contribution in [0.1, 0.15) is 18.4 Å². The number of fused-ring (bicyclic) bond motifs is 1. The van der Waals surface area contributed by atoms with E-state index in [0.717, 1.165) is 24.6 Å². The van der Waals surface area contributed by atoms with Crippen molar-refractivity contribution in [2.24, 2.45) is 5.92 Å². The van der Waals surface area contributed by atoms with Crippen molar-refractivity contribution in [3.63, 3.8) is 0 Å². The SMILES string of the molecule is N#Cc1c(-c2ccc(S(=O)(=O)NC(CF)CF)cn2)n(CC2CC2)c2ccc(Cl)cc12. The Kier molecular flexibility index (Phi) is 5.97. The topological polar surface area (TPSA) is 87.8 Å². The predicted octanol–water partition coefficient (Wildman–Crippen LogP) is 4.22. The Morgan fingerprint density at radius 2 is 2.00 bits per heavy atom. The molecule has 1 saturated carbocycles. The number of pyridine rings is 1. The lowest BCUT2D eigenvalue weighted by molar-refractivity contribution is 0.334. The molecule has 0 radical (unpaired) electrons. The quantitative estimate of drug-likeness (QED) is 0.540. The molecule has 1 N–H and O–H groups in total. The number of hydrogen-bond donors (Lipinski definition) is 1. The average molecular weight is 465 g/mol. The highest BCUT2D eigenvalue weighted by Crippen LogP contribution is 2.38. The van der Waals surface area contributed by atoms with Crippen molar-refractivity contribution in [1.29, 1.82) is 5.26 Å². The van der Waals surface area contributed by atoms with Gasteiger partial charge in [0.1, 0.15) is 24.3 Å². The average Bonchev–Trinajstić information content (AvgIpc) is 3.53. The van der Waals surface area contributed by atoms with Crippen LogP contribution in [0, 0.1) is 17.2 Å². The van der Waals surface area contributed by atoms with Crippen LogP contribution in [0.3, 0.4) is 0 Å². The van der Waals surface area contributed by atoms with Crippen LogP contribution in [-0.2, 0) is 16.6 Å². The van der Waals surface area contributed by atoms with Gasteiger partial charge in [-0.1, -0.05) is 11.6 Å². The second kappa shape index (κ2) is 8.54. The van der Waals surface area contributed by atoms with Crippen LogP contribution in [0.25, 0.3) is 22.3 Å². The molecule has 0 aliphatic heterocycles. The Bertz CT molecular complexity index is 1260. The maximum Gasteiger partial charge on any atom is 0.242 e. The van der Waals surface area contributed by atoms with Gasteiger partial charge in [0, 0.05) is 23.2 Å². The fourth-order valence-electron chi connectivity index (χ4n) is 3.53. The summed E-state index contributed by atoms with van der Waals surface area (Å²) < 4.78 is 54.2. The number of nitrogens with one attached hydrogen (secondary N) is 1. The third kappa shape index (κ3) is 4.28. The number of benzene rings is 1. The first kappa shape index (κ1) is 21.7. The van der Waals surface area contributed by atoms with Gasteiger partial charge in [-0.15, -0.1) is 0 Å². The molecule has 1 aliphatic carbocycles. The number of aromatic nitrogens is 2. The molecule has 1 aromatic carbocycles. The fourth-order valence-corrected chi connectivity index (χ4v) is 4.84. The minimum Gasteiger partial charge on any atom is -0.338 e. The minimum absolute atomic E-state index is 0.213. The van der Waals surface area contributed by atoms with Gasteiger partial charge < -0.3 is 4.57 Å². The van der Waals surface area contributed by atoms with Crippen molar-refractivity contribution < 1.29 is 17.2 Å². The van der Waals surface area contributed by atoms with Crippen LogP contribution >= 0.6 is 11.6 Å². The molecule has 162 valence electrons. The summed E-state index contributed by atoms with van der Waals surface area (Å²) >= 11 is 6.15. The molecule has 4 rings (SSSR count). The van der Waals surface area contributed by atoms with Crippen molar-refractivity contribution in [2.45, 2.75) is 30.3 Å². The van der Waals surface area contributed by atoms with Crippen LogP contribution in [0.5, 0.6) is 0 Å². The molecule has 6 nitrogen and oxygen atoms in total. The lowest BCUT2D eigenvalue weighted by Crippen LogP contribution is -2.37. The van der Waals surface area contributed by atoms with Crippen molar-refractivity contribution in [3.8, 4) is 17.5 Å². The van der Waals surface area contributed by atoms with Gasteiger partial charge in [-0.25, -0.2) is 21.9 Å². The molecule has 10 heteroatoms. The van der Waals surface area contributed by atoms with E-state index in [2.05, 4.69) is 11.1 Å². The fraction of sp³-hybridized carbons (Fsp3) is 0.333. The zero-order valence-corrected chi connectivity index (χ0v) is 17.9. The van der Waals surface area contributed by atoms with Gasteiger partial charge in [0.2, 0.25) is 10.0 Å². The van der Waals surface area contributed by atoms with Crippen LogP contribution < -0.4 is 4.72 Å². The Morgan fingerprint density at radius 1 is 1.26 bits per heavy atom. The summed E-state index contributed by atoms with van der Waals surface area (Å²) in [5.74, 6) is 0.513. The first-order valence-corrected chi connectivity index (χ1v) is 11.6. The molecule has 0 amide bonds. The monoisotopic (exact) mass is 464 g/mol. The number of nitrogens with zero attached hydrogens (tertiary/aromatic N) is 3.